The number of ether oxygens (including phenoxy) is 1. The summed E-state index contributed by atoms with van der Waals surface area (Å²) in [7, 11) is 1.42. The lowest BCUT2D eigenvalue weighted by Crippen LogP contribution is -2.21. The molecule has 0 aliphatic heterocycles. The van der Waals surface area contributed by atoms with Crippen LogP contribution in [-0.4, -0.2) is 12.9 Å². The molecule has 1 aromatic rings. The molecule has 0 spiro atoms. The van der Waals surface area contributed by atoms with Crippen molar-refractivity contribution in [2.24, 2.45) is 11.3 Å². The summed E-state index contributed by atoms with van der Waals surface area (Å²) < 4.78 is 18.4. The Labute approximate surface area is 115 Å². The number of Topliss-reactive ketones (excluding diaryl/α,β-unsaturated/α-hetero) is 1. The fraction of sp³-hybridized carbons (Fsp3) is 0.562. The fourth-order valence-corrected chi connectivity index (χ4v) is 1.77. The Kier molecular flexibility index (Phi) is 5.10. The monoisotopic (exact) mass is 266 g/mol. The van der Waals surface area contributed by atoms with Gasteiger partial charge in [0.25, 0.3) is 0 Å². The summed E-state index contributed by atoms with van der Waals surface area (Å²) in [5.41, 5.74) is 0.810. The molecule has 1 rings (SSSR count). The quantitative estimate of drug-likeness (QED) is 0.804. The molecule has 0 aliphatic rings. The van der Waals surface area contributed by atoms with Crippen LogP contribution in [0.1, 0.15) is 39.7 Å². The molecule has 0 saturated carbocycles. The predicted molar refractivity (Wildman–Crippen MR) is 74.9 cm³/mol. The number of hydrogen-bond acceptors (Lipinski definition) is 2. The SMILES string of the molecule is COc1ccc(CC(=O)CC(C)C(C)(C)C)cc1F. The van der Waals surface area contributed by atoms with Crippen molar-refractivity contribution in [3.05, 3.63) is 29.6 Å². The number of rotatable bonds is 5. The van der Waals surface area contributed by atoms with Crippen LogP contribution >= 0.6 is 0 Å². The fourth-order valence-electron chi connectivity index (χ4n) is 1.77. The number of hydrogen-bond donors (Lipinski definition) is 0. The maximum Gasteiger partial charge on any atom is 0.165 e. The van der Waals surface area contributed by atoms with Gasteiger partial charge in [-0.2, -0.15) is 0 Å². The minimum Gasteiger partial charge on any atom is -0.494 e. The highest BCUT2D eigenvalue weighted by Gasteiger charge is 2.22. The van der Waals surface area contributed by atoms with Crippen LogP contribution in [0, 0.1) is 17.2 Å². The van der Waals surface area contributed by atoms with Gasteiger partial charge >= 0.3 is 0 Å². The standard InChI is InChI=1S/C16H23FO2/c1-11(16(2,3)4)8-13(18)9-12-6-7-15(19-5)14(17)10-12/h6-7,10-11H,8-9H2,1-5H3. The molecule has 0 aromatic heterocycles. The molecule has 0 N–H and O–H groups in total. The molecule has 19 heavy (non-hydrogen) atoms. The third-order valence-corrected chi connectivity index (χ3v) is 3.63. The first kappa shape index (κ1) is 15.7. The first-order valence-electron chi connectivity index (χ1n) is 6.58. The minimum atomic E-state index is -0.420. The number of ketones is 1. The van der Waals surface area contributed by atoms with Gasteiger partial charge in [-0.15, -0.1) is 0 Å². The first-order chi connectivity index (χ1) is 8.74. The lowest BCUT2D eigenvalue weighted by Gasteiger charge is -2.26. The highest BCUT2D eigenvalue weighted by atomic mass is 19.1. The van der Waals surface area contributed by atoms with E-state index in [9.17, 15) is 9.18 Å². The molecule has 1 aromatic carbocycles. The van der Waals surface area contributed by atoms with Gasteiger partial charge in [-0.25, -0.2) is 4.39 Å². The number of carbonyl (C=O) groups is 1. The van der Waals surface area contributed by atoms with Gasteiger partial charge in [-0.3, -0.25) is 4.79 Å². The second-order valence-corrected chi connectivity index (χ2v) is 6.16. The average molecular weight is 266 g/mol. The molecule has 0 fully saturated rings. The molecule has 0 aliphatic carbocycles. The summed E-state index contributed by atoms with van der Waals surface area (Å²) in [5, 5.41) is 0. The van der Waals surface area contributed by atoms with Gasteiger partial charge in [0.15, 0.2) is 11.6 Å². The van der Waals surface area contributed by atoms with E-state index in [-0.39, 0.29) is 23.4 Å². The Morgan fingerprint density at radius 2 is 2.00 bits per heavy atom. The summed E-state index contributed by atoms with van der Waals surface area (Å²) in [6.07, 6.45) is 0.804. The largest absolute Gasteiger partial charge is 0.494 e. The molecule has 0 heterocycles. The van der Waals surface area contributed by atoms with Crippen LogP contribution in [0.2, 0.25) is 0 Å². The van der Waals surface area contributed by atoms with E-state index in [4.69, 9.17) is 4.74 Å². The zero-order valence-electron chi connectivity index (χ0n) is 12.4. The summed E-state index contributed by atoms with van der Waals surface area (Å²) in [5.74, 6) is 0.242. The van der Waals surface area contributed by atoms with E-state index >= 15 is 0 Å². The van der Waals surface area contributed by atoms with Crippen LogP contribution in [0.15, 0.2) is 18.2 Å². The van der Waals surface area contributed by atoms with Crippen LogP contribution in [0.25, 0.3) is 0 Å². The van der Waals surface area contributed by atoms with Gasteiger partial charge in [0, 0.05) is 12.8 Å². The van der Waals surface area contributed by atoms with Crippen molar-refractivity contribution in [2.75, 3.05) is 7.11 Å². The third-order valence-electron chi connectivity index (χ3n) is 3.63. The maximum absolute atomic E-state index is 13.5. The van der Waals surface area contributed by atoms with Gasteiger partial charge in [0.1, 0.15) is 5.78 Å². The van der Waals surface area contributed by atoms with Crippen molar-refractivity contribution in [3.63, 3.8) is 0 Å². The van der Waals surface area contributed by atoms with E-state index in [1.807, 2.05) is 0 Å². The zero-order chi connectivity index (χ0) is 14.6. The van der Waals surface area contributed by atoms with E-state index in [1.54, 1.807) is 12.1 Å². The van der Waals surface area contributed by atoms with Gasteiger partial charge in [-0.05, 0) is 29.0 Å². The van der Waals surface area contributed by atoms with Gasteiger partial charge in [0.05, 0.1) is 7.11 Å². The van der Waals surface area contributed by atoms with Crippen molar-refractivity contribution < 1.29 is 13.9 Å². The second-order valence-electron chi connectivity index (χ2n) is 6.16. The van der Waals surface area contributed by atoms with E-state index < -0.39 is 5.82 Å². The third kappa shape index (κ3) is 4.66. The molecule has 0 bridgehead atoms. The number of halogens is 1. The molecule has 0 saturated heterocycles. The Bertz CT molecular complexity index is 447. The second kappa shape index (κ2) is 6.18. The normalized spacial score (nSPS) is 13.2. The van der Waals surface area contributed by atoms with Crippen LogP contribution in [0.4, 0.5) is 4.39 Å². The Morgan fingerprint density at radius 3 is 2.47 bits per heavy atom. The molecule has 1 atom stereocenters. The summed E-state index contributed by atoms with van der Waals surface area (Å²) in [6.45, 7) is 8.44. The molecule has 106 valence electrons. The highest BCUT2D eigenvalue weighted by molar-refractivity contribution is 5.81. The van der Waals surface area contributed by atoms with Gasteiger partial charge < -0.3 is 4.74 Å². The molecule has 0 amide bonds. The van der Waals surface area contributed by atoms with E-state index in [0.29, 0.717) is 17.9 Å². The van der Waals surface area contributed by atoms with Crippen molar-refractivity contribution in [1.82, 2.24) is 0 Å². The molecular weight excluding hydrogens is 243 g/mol. The number of methoxy groups -OCH3 is 1. The van der Waals surface area contributed by atoms with Crippen molar-refractivity contribution >= 4 is 5.78 Å². The smallest absolute Gasteiger partial charge is 0.165 e. The Hall–Kier alpha value is -1.38. The molecule has 0 radical (unpaired) electrons. The van der Waals surface area contributed by atoms with Gasteiger partial charge in [-0.1, -0.05) is 33.8 Å². The van der Waals surface area contributed by atoms with Crippen molar-refractivity contribution in [1.29, 1.82) is 0 Å². The lowest BCUT2D eigenvalue weighted by atomic mass is 9.79. The van der Waals surface area contributed by atoms with E-state index in [2.05, 4.69) is 27.7 Å². The maximum atomic E-state index is 13.5. The van der Waals surface area contributed by atoms with Crippen molar-refractivity contribution in [2.45, 2.75) is 40.5 Å². The summed E-state index contributed by atoms with van der Waals surface area (Å²) in [6, 6.07) is 4.67. The molecule has 1 unspecified atom stereocenters. The van der Waals surface area contributed by atoms with Crippen LogP contribution < -0.4 is 4.74 Å². The molecular formula is C16H23FO2. The van der Waals surface area contributed by atoms with Crippen molar-refractivity contribution in [3.8, 4) is 5.75 Å². The highest BCUT2D eigenvalue weighted by Crippen LogP contribution is 2.28. The van der Waals surface area contributed by atoms with Crippen LogP contribution in [0.5, 0.6) is 5.75 Å². The molecule has 2 nitrogen and oxygen atoms in total. The van der Waals surface area contributed by atoms with Crippen LogP contribution in [0.3, 0.4) is 0 Å². The Morgan fingerprint density at radius 1 is 1.37 bits per heavy atom. The van der Waals surface area contributed by atoms with Crippen LogP contribution in [-0.2, 0) is 11.2 Å². The molecule has 3 heteroatoms. The summed E-state index contributed by atoms with van der Waals surface area (Å²) in [4.78, 5) is 12.0. The van der Waals surface area contributed by atoms with Gasteiger partial charge in [0.2, 0.25) is 0 Å². The average Bonchev–Trinajstić information content (AvgIpc) is 2.27. The zero-order valence-corrected chi connectivity index (χ0v) is 12.4. The van der Waals surface area contributed by atoms with E-state index in [0.717, 1.165) is 0 Å². The number of benzene rings is 1. The minimum absolute atomic E-state index is 0.112. The number of carbonyl (C=O) groups excluding carboxylic acids is 1. The predicted octanol–water partition coefficient (Wildman–Crippen LogP) is 4.02. The van der Waals surface area contributed by atoms with E-state index in [1.165, 1.54) is 13.2 Å². The summed E-state index contributed by atoms with van der Waals surface area (Å²) >= 11 is 0. The Balaban J connectivity index is 2.65. The lowest BCUT2D eigenvalue weighted by molar-refractivity contribution is -0.120. The first-order valence-corrected chi connectivity index (χ1v) is 6.58. The topological polar surface area (TPSA) is 26.3 Å².